The smallest absolute Gasteiger partial charge is 0.260 e. The van der Waals surface area contributed by atoms with E-state index < -0.39 is 6.10 Å². The Bertz CT molecular complexity index is 706. The Hall–Kier alpha value is -2.01. The van der Waals surface area contributed by atoms with E-state index in [4.69, 9.17) is 9.47 Å². The second-order valence-corrected chi connectivity index (χ2v) is 8.04. The molecule has 0 fully saturated rings. The largest absolute Gasteiger partial charge is 0.492 e. The lowest BCUT2D eigenvalue weighted by Gasteiger charge is -2.19. The van der Waals surface area contributed by atoms with E-state index in [2.05, 4.69) is 54.2 Å². The summed E-state index contributed by atoms with van der Waals surface area (Å²) in [5.74, 6) is 1.29. The number of carbonyl (C=O) groups is 1. The highest BCUT2D eigenvalue weighted by molar-refractivity contribution is 9.10. The topological polar surface area (TPSA) is 47.6 Å². The fraction of sp³-hybridized carbons (Fsp3) is 0.381. The molecule has 0 heterocycles. The first-order chi connectivity index (χ1) is 12.3. The molecule has 140 valence electrons. The molecule has 0 aromatic heterocycles. The molecule has 0 aliphatic heterocycles. The van der Waals surface area contributed by atoms with Gasteiger partial charge in [0.15, 0.2) is 6.10 Å². The van der Waals surface area contributed by atoms with Crippen LogP contribution in [0.3, 0.4) is 0 Å². The number of amides is 1. The first-order valence-corrected chi connectivity index (χ1v) is 9.48. The van der Waals surface area contributed by atoms with Crippen molar-refractivity contribution >= 4 is 21.8 Å². The molecule has 0 aliphatic carbocycles. The maximum atomic E-state index is 12.1. The Balaban J connectivity index is 1.71. The normalized spacial score (nSPS) is 12.3. The van der Waals surface area contributed by atoms with E-state index >= 15 is 0 Å². The third-order valence-corrected chi connectivity index (χ3v) is 4.41. The summed E-state index contributed by atoms with van der Waals surface area (Å²) in [4.78, 5) is 12.1. The second kappa shape index (κ2) is 9.08. The average Bonchev–Trinajstić information content (AvgIpc) is 2.60. The number of hydrogen-bond acceptors (Lipinski definition) is 3. The molecule has 0 aliphatic rings. The molecular weight excluding hydrogens is 394 g/mol. The van der Waals surface area contributed by atoms with Crippen LogP contribution in [0.25, 0.3) is 0 Å². The molecule has 2 aromatic rings. The van der Waals surface area contributed by atoms with Crippen molar-refractivity contribution < 1.29 is 14.3 Å². The van der Waals surface area contributed by atoms with Gasteiger partial charge in [0.1, 0.15) is 18.1 Å². The number of benzene rings is 2. The van der Waals surface area contributed by atoms with Crippen molar-refractivity contribution in [2.45, 2.75) is 39.2 Å². The number of hydrogen-bond donors (Lipinski definition) is 1. The van der Waals surface area contributed by atoms with Crippen molar-refractivity contribution in [3.8, 4) is 11.5 Å². The van der Waals surface area contributed by atoms with Gasteiger partial charge in [-0.15, -0.1) is 0 Å². The molecule has 26 heavy (non-hydrogen) atoms. The fourth-order valence-electron chi connectivity index (χ4n) is 2.31. The summed E-state index contributed by atoms with van der Waals surface area (Å²) in [7, 11) is 0. The van der Waals surface area contributed by atoms with Crippen LogP contribution in [0.1, 0.15) is 33.3 Å². The fourth-order valence-corrected chi connectivity index (χ4v) is 2.57. The van der Waals surface area contributed by atoms with Gasteiger partial charge >= 0.3 is 0 Å². The number of halogens is 1. The summed E-state index contributed by atoms with van der Waals surface area (Å²) in [5, 5.41) is 2.82. The van der Waals surface area contributed by atoms with Crippen molar-refractivity contribution in [2.75, 3.05) is 13.2 Å². The molecule has 1 atom stereocenters. The highest BCUT2D eigenvalue weighted by atomic mass is 79.9. The molecule has 0 spiro atoms. The van der Waals surface area contributed by atoms with E-state index in [0.717, 1.165) is 10.2 Å². The molecule has 2 aromatic carbocycles. The summed E-state index contributed by atoms with van der Waals surface area (Å²) >= 11 is 3.37. The Morgan fingerprint density at radius 3 is 2.19 bits per heavy atom. The Kier molecular flexibility index (Phi) is 7.09. The molecule has 0 bridgehead atoms. The van der Waals surface area contributed by atoms with E-state index in [0.29, 0.717) is 18.9 Å². The van der Waals surface area contributed by atoms with Crippen LogP contribution in [0.15, 0.2) is 53.0 Å². The van der Waals surface area contributed by atoms with Crippen molar-refractivity contribution in [3.63, 3.8) is 0 Å². The van der Waals surface area contributed by atoms with Crippen molar-refractivity contribution in [2.24, 2.45) is 0 Å². The van der Waals surface area contributed by atoms with Crippen LogP contribution in [0, 0.1) is 0 Å². The summed E-state index contributed by atoms with van der Waals surface area (Å²) in [6, 6.07) is 15.4. The predicted molar refractivity (Wildman–Crippen MR) is 108 cm³/mol. The molecule has 1 amide bonds. The Morgan fingerprint density at radius 2 is 1.62 bits per heavy atom. The molecule has 0 radical (unpaired) electrons. The van der Waals surface area contributed by atoms with E-state index in [9.17, 15) is 4.79 Å². The monoisotopic (exact) mass is 419 g/mol. The summed E-state index contributed by atoms with van der Waals surface area (Å²) in [6.45, 7) is 9.09. The minimum atomic E-state index is -0.567. The zero-order valence-corrected chi connectivity index (χ0v) is 17.3. The van der Waals surface area contributed by atoms with E-state index in [1.54, 1.807) is 6.92 Å². The summed E-state index contributed by atoms with van der Waals surface area (Å²) in [5.41, 5.74) is 1.38. The zero-order chi connectivity index (χ0) is 19.2. The standard InChI is InChI=1S/C21H26BrNO3/c1-15(26-19-11-7-17(22)8-12-19)20(24)23-13-14-25-18-9-5-16(6-10-18)21(2,3)4/h5-12,15H,13-14H2,1-4H3,(H,23,24). The SMILES string of the molecule is CC(Oc1ccc(Br)cc1)C(=O)NCCOc1ccc(C(C)(C)C)cc1. The lowest BCUT2D eigenvalue weighted by molar-refractivity contribution is -0.127. The lowest BCUT2D eigenvalue weighted by Crippen LogP contribution is -2.38. The van der Waals surface area contributed by atoms with E-state index in [1.807, 2.05) is 36.4 Å². The summed E-state index contributed by atoms with van der Waals surface area (Å²) < 4.78 is 12.3. The maximum Gasteiger partial charge on any atom is 0.260 e. The first-order valence-electron chi connectivity index (χ1n) is 8.69. The van der Waals surface area contributed by atoms with Crippen LogP contribution in [0.4, 0.5) is 0 Å². The van der Waals surface area contributed by atoms with Gasteiger partial charge in [-0.25, -0.2) is 0 Å². The maximum absolute atomic E-state index is 12.1. The molecular formula is C21H26BrNO3. The Labute approximate surface area is 164 Å². The third-order valence-electron chi connectivity index (χ3n) is 3.89. The average molecular weight is 420 g/mol. The van der Waals surface area contributed by atoms with Gasteiger partial charge in [-0.05, 0) is 54.3 Å². The second-order valence-electron chi connectivity index (χ2n) is 7.13. The molecule has 0 saturated heterocycles. The molecule has 5 heteroatoms. The van der Waals surface area contributed by atoms with E-state index in [-0.39, 0.29) is 11.3 Å². The number of ether oxygens (including phenoxy) is 2. The van der Waals surface area contributed by atoms with Gasteiger partial charge < -0.3 is 14.8 Å². The van der Waals surface area contributed by atoms with E-state index in [1.165, 1.54) is 5.56 Å². The van der Waals surface area contributed by atoms with Crippen LogP contribution in [-0.2, 0) is 10.2 Å². The highest BCUT2D eigenvalue weighted by Crippen LogP contribution is 2.24. The number of carbonyl (C=O) groups excluding carboxylic acids is 1. The van der Waals surface area contributed by atoms with Gasteiger partial charge in [-0.1, -0.05) is 48.8 Å². The molecule has 2 rings (SSSR count). The Morgan fingerprint density at radius 1 is 1.04 bits per heavy atom. The van der Waals surface area contributed by atoms with Gasteiger partial charge in [-0.3, -0.25) is 4.79 Å². The number of nitrogens with one attached hydrogen (secondary N) is 1. The van der Waals surface area contributed by atoms with Crippen LogP contribution in [-0.4, -0.2) is 25.2 Å². The van der Waals surface area contributed by atoms with Gasteiger partial charge in [-0.2, -0.15) is 0 Å². The van der Waals surface area contributed by atoms with Crippen molar-refractivity contribution in [1.82, 2.24) is 5.32 Å². The quantitative estimate of drug-likeness (QED) is 0.660. The van der Waals surface area contributed by atoms with Crippen LogP contribution in [0.2, 0.25) is 0 Å². The molecule has 1 unspecified atom stereocenters. The third kappa shape index (κ3) is 6.37. The molecule has 1 N–H and O–H groups in total. The predicted octanol–water partition coefficient (Wildman–Crippen LogP) is 4.71. The molecule has 4 nitrogen and oxygen atoms in total. The summed E-state index contributed by atoms with van der Waals surface area (Å²) in [6.07, 6.45) is -0.567. The molecule has 0 saturated carbocycles. The van der Waals surface area contributed by atoms with Gasteiger partial charge in [0, 0.05) is 4.47 Å². The van der Waals surface area contributed by atoms with Crippen molar-refractivity contribution in [3.05, 3.63) is 58.6 Å². The van der Waals surface area contributed by atoms with Crippen LogP contribution >= 0.6 is 15.9 Å². The lowest BCUT2D eigenvalue weighted by atomic mass is 9.87. The number of rotatable bonds is 7. The van der Waals surface area contributed by atoms with Gasteiger partial charge in [0.25, 0.3) is 5.91 Å². The van der Waals surface area contributed by atoms with Crippen molar-refractivity contribution in [1.29, 1.82) is 0 Å². The first kappa shape index (κ1) is 20.3. The van der Waals surface area contributed by atoms with Crippen LogP contribution in [0.5, 0.6) is 11.5 Å². The van der Waals surface area contributed by atoms with Gasteiger partial charge in [0.05, 0.1) is 6.54 Å². The van der Waals surface area contributed by atoms with Crippen LogP contribution < -0.4 is 14.8 Å². The highest BCUT2D eigenvalue weighted by Gasteiger charge is 2.14. The minimum absolute atomic E-state index is 0.122. The minimum Gasteiger partial charge on any atom is -0.492 e. The zero-order valence-electron chi connectivity index (χ0n) is 15.7. The van der Waals surface area contributed by atoms with Gasteiger partial charge in [0.2, 0.25) is 0 Å².